The molecule has 0 spiro atoms. The molecule has 0 radical (unpaired) electrons. The van der Waals surface area contributed by atoms with Gasteiger partial charge in [-0.25, -0.2) is 4.79 Å². The molecular formula is C80H102N14O16S. The zero-order valence-corrected chi connectivity index (χ0v) is 63.2. The summed E-state index contributed by atoms with van der Waals surface area (Å²) in [5.41, 5.74) is 17.1. The molecule has 21 N–H and O–H groups in total. The number of rotatable bonds is 44. The average Bonchev–Trinajstić information content (AvgIpc) is 1.74. The van der Waals surface area contributed by atoms with Crippen LogP contribution < -0.4 is 70.0 Å². The number of carboxylic acids is 1. The molecule has 0 aliphatic heterocycles. The highest BCUT2D eigenvalue weighted by Gasteiger charge is 2.39. The Bertz CT molecular complexity index is 4220. The van der Waals surface area contributed by atoms with E-state index >= 15 is 19.2 Å². The number of H-pyrrole nitrogens is 1. The lowest BCUT2D eigenvalue weighted by molar-refractivity contribution is -0.142. The second-order valence-corrected chi connectivity index (χ2v) is 28.0. The fraction of sp³-hybridized carbons (Fsp3) is 0.388. The fourth-order valence-corrected chi connectivity index (χ4v) is 12.3. The second kappa shape index (κ2) is 44.0. The molecule has 0 aliphatic rings. The Hall–Kier alpha value is -11.1. The number of para-hydroxylation sites is 1. The first-order chi connectivity index (χ1) is 53.1. The van der Waals surface area contributed by atoms with Crippen molar-refractivity contribution in [3.63, 3.8) is 0 Å². The molecule has 6 aromatic carbocycles. The van der Waals surface area contributed by atoms with Crippen molar-refractivity contribution in [1.29, 1.82) is 0 Å². The standard InChI is InChI=1S/C80H102N14O16S/c1-46(2)83-42-54-29-27-53(28-30-54)40-63(75(104)93-68(47(3)96)78(107)90-64(39-51-22-12-7-13-23-51)76(105)94-69(48(4)97)79(108)91-66(44-95)77(106)92-67(45-111)80(109)110)88-74(103)65(41-55-43-84-59-25-15-14-24-57(55)59)89-73(102)62(38-50-20-10-6-11-21-50)87-72(101)61(37-49-18-8-5-9-19-49)86-71(100)60(26-16-17-35-81)85-70(99)58(82)36-52-31-33-56(98)34-32-52/h5-15,18-25,27-34,43,46-48,58,60-69,83-84,95-98,111H,16-17,26,35-42,44-45,81-82H2,1-4H3,(H,85,99)(H,86,100)(H,87,101)(H,88,103)(H,89,102)(H,90,107)(H,91,108)(H,92,106)(H,93,104)(H,94,105)(H,109,110)/t47-,48-,58+,60+,61+,62+,63+,64+,65-,66+,67+,68+,69+/m1/s1. The summed E-state index contributed by atoms with van der Waals surface area (Å²) in [7, 11) is 0. The molecule has 0 fully saturated rings. The fourth-order valence-electron chi connectivity index (χ4n) is 12.1. The Labute approximate surface area is 649 Å². The highest BCUT2D eigenvalue weighted by atomic mass is 32.1. The van der Waals surface area contributed by atoms with E-state index in [9.17, 15) is 59.1 Å². The van der Waals surface area contributed by atoms with Crippen LogP contribution in [0.2, 0.25) is 0 Å². The highest BCUT2D eigenvalue weighted by molar-refractivity contribution is 7.80. The number of aliphatic hydroxyl groups excluding tert-OH is 3. The van der Waals surface area contributed by atoms with Crippen LogP contribution in [0, 0.1) is 0 Å². The van der Waals surface area contributed by atoms with Gasteiger partial charge in [0.1, 0.15) is 66.2 Å². The van der Waals surface area contributed by atoms with Crippen LogP contribution in [0.4, 0.5) is 0 Å². The van der Waals surface area contributed by atoms with Gasteiger partial charge < -0.3 is 100 Å². The Morgan fingerprint density at radius 3 is 1.21 bits per heavy atom. The third kappa shape index (κ3) is 27.8. The number of benzene rings is 6. The van der Waals surface area contributed by atoms with Crippen molar-refractivity contribution in [2.45, 2.75) is 177 Å². The number of aliphatic hydroxyl groups is 3. The first kappa shape index (κ1) is 87.2. The Kier molecular flexibility index (Phi) is 34.5. The molecular weight excluding hydrogens is 1450 g/mol. The van der Waals surface area contributed by atoms with E-state index in [2.05, 4.69) is 76.1 Å². The minimum Gasteiger partial charge on any atom is -0.508 e. The summed E-state index contributed by atoms with van der Waals surface area (Å²) in [5, 5.41) is 81.7. The molecule has 30 nitrogen and oxygen atoms in total. The maximum atomic E-state index is 15.6. The molecule has 0 saturated carbocycles. The molecule has 7 rings (SSSR count). The van der Waals surface area contributed by atoms with Crippen LogP contribution in [0.3, 0.4) is 0 Å². The number of phenols is 1. The number of carboxylic acid groups (broad SMARTS) is 1. The Morgan fingerprint density at radius 1 is 0.414 bits per heavy atom. The first-order valence-electron chi connectivity index (χ1n) is 36.7. The third-order valence-corrected chi connectivity index (χ3v) is 18.7. The zero-order valence-electron chi connectivity index (χ0n) is 62.3. The molecule has 1 heterocycles. The summed E-state index contributed by atoms with van der Waals surface area (Å²) in [4.78, 5) is 161. The van der Waals surface area contributed by atoms with Gasteiger partial charge in [0.15, 0.2) is 0 Å². The third-order valence-electron chi connectivity index (χ3n) is 18.3. The lowest BCUT2D eigenvalue weighted by Crippen LogP contribution is -2.63. The molecule has 31 heteroatoms. The normalized spacial score (nSPS) is 14.8. The van der Waals surface area contributed by atoms with Crippen molar-refractivity contribution in [3.8, 4) is 5.75 Å². The maximum Gasteiger partial charge on any atom is 0.327 e. The lowest BCUT2D eigenvalue weighted by Gasteiger charge is -2.29. The number of phenolic OH excluding ortho intramolecular Hbond substituents is 1. The second-order valence-electron chi connectivity index (χ2n) is 27.6. The van der Waals surface area contributed by atoms with Crippen molar-refractivity contribution in [1.82, 2.24) is 63.5 Å². The van der Waals surface area contributed by atoms with Gasteiger partial charge in [-0.15, -0.1) is 0 Å². The number of fused-ring (bicyclic) bond motifs is 1. The van der Waals surface area contributed by atoms with Gasteiger partial charge in [0.2, 0.25) is 59.1 Å². The van der Waals surface area contributed by atoms with Crippen LogP contribution >= 0.6 is 12.6 Å². The number of hydrogen-bond donors (Lipinski definition) is 20. The predicted molar refractivity (Wildman–Crippen MR) is 418 cm³/mol. The number of amides is 10. The number of aromatic nitrogens is 1. The maximum absolute atomic E-state index is 15.6. The number of aromatic amines is 1. The summed E-state index contributed by atoms with van der Waals surface area (Å²) < 4.78 is 0. The summed E-state index contributed by atoms with van der Waals surface area (Å²) in [6, 6.07) is 29.1. The van der Waals surface area contributed by atoms with Gasteiger partial charge in [0.25, 0.3) is 0 Å². The monoisotopic (exact) mass is 1550 g/mol. The molecule has 13 atom stereocenters. The van der Waals surface area contributed by atoms with Crippen LogP contribution in [-0.2, 0) is 97.8 Å². The predicted octanol–water partition coefficient (Wildman–Crippen LogP) is 0.200. The average molecular weight is 1550 g/mol. The Morgan fingerprint density at radius 2 is 0.775 bits per heavy atom. The quantitative estimate of drug-likeness (QED) is 0.0179. The molecule has 10 amide bonds. The minimum absolute atomic E-state index is 0.0206. The number of thiol groups is 1. The first-order valence-corrected chi connectivity index (χ1v) is 37.3. The van der Waals surface area contributed by atoms with Crippen molar-refractivity contribution in [2.24, 2.45) is 11.5 Å². The molecule has 0 saturated heterocycles. The van der Waals surface area contributed by atoms with Crippen LogP contribution in [0.5, 0.6) is 5.75 Å². The highest BCUT2D eigenvalue weighted by Crippen LogP contribution is 2.21. The minimum atomic E-state index is -1.90. The van der Waals surface area contributed by atoms with E-state index in [-0.39, 0.29) is 69.0 Å². The van der Waals surface area contributed by atoms with E-state index in [4.69, 9.17) is 11.5 Å². The number of aliphatic carboxylic acids is 1. The molecule has 0 aliphatic carbocycles. The van der Waals surface area contributed by atoms with Crippen molar-refractivity contribution in [2.75, 3.05) is 18.9 Å². The number of carbonyl (C=O) groups is 11. The topological polar surface area (TPSA) is 489 Å². The number of nitrogens with two attached hydrogens (primary N) is 2. The zero-order chi connectivity index (χ0) is 80.7. The Balaban J connectivity index is 1.20. The lowest BCUT2D eigenvalue weighted by atomic mass is 9.99. The van der Waals surface area contributed by atoms with E-state index < -0.39 is 150 Å². The number of hydrogen-bond acceptors (Lipinski definition) is 19. The van der Waals surface area contributed by atoms with Crippen LogP contribution in [0.1, 0.15) is 85.9 Å². The van der Waals surface area contributed by atoms with E-state index in [0.29, 0.717) is 63.7 Å². The molecule has 111 heavy (non-hydrogen) atoms. The van der Waals surface area contributed by atoms with Crippen LogP contribution in [-0.4, -0.2) is 199 Å². The number of nitrogens with one attached hydrogen (secondary N) is 12. The van der Waals surface area contributed by atoms with E-state index in [1.165, 1.54) is 19.1 Å². The van der Waals surface area contributed by atoms with Crippen molar-refractivity contribution in [3.05, 3.63) is 209 Å². The van der Waals surface area contributed by atoms with Crippen molar-refractivity contribution >= 4 is 88.6 Å². The van der Waals surface area contributed by atoms with Crippen molar-refractivity contribution < 1.29 is 78.3 Å². The van der Waals surface area contributed by atoms with Crippen LogP contribution in [0.15, 0.2) is 170 Å². The molecule has 1 aromatic heterocycles. The van der Waals surface area contributed by atoms with E-state index in [0.717, 1.165) is 12.5 Å². The molecule has 594 valence electrons. The van der Waals surface area contributed by atoms with E-state index in [1.54, 1.807) is 146 Å². The number of aromatic hydroxyl groups is 1. The van der Waals surface area contributed by atoms with Gasteiger partial charge in [0, 0.05) is 67.5 Å². The van der Waals surface area contributed by atoms with Gasteiger partial charge >= 0.3 is 5.97 Å². The summed E-state index contributed by atoms with van der Waals surface area (Å²) >= 11 is 3.92. The van der Waals surface area contributed by atoms with Gasteiger partial charge in [-0.2, -0.15) is 12.6 Å². The van der Waals surface area contributed by atoms with Crippen LogP contribution in [0.25, 0.3) is 10.9 Å². The largest absolute Gasteiger partial charge is 0.508 e. The summed E-state index contributed by atoms with van der Waals surface area (Å²) in [6.45, 7) is 6.00. The van der Waals surface area contributed by atoms with Gasteiger partial charge in [0.05, 0.1) is 24.9 Å². The summed E-state index contributed by atoms with van der Waals surface area (Å²) in [5.74, 6) is -11.4. The van der Waals surface area contributed by atoms with E-state index in [1.807, 2.05) is 26.0 Å². The number of unbranched alkanes of at least 4 members (excludes halogenated alkanes) is 1. The molecule has 0 unspecified atom stereocenters. The summed E-state index contributed by atoms with van der Waals surface area (Å²) in [6.07, 6.45) is -1.78. The van der Waals surface area contributed by atoms with Gasteiger partial charge in [-0.3, -0.25) is 47.9 Å². The van der Waals surface area contributed by atoms with Gasteiger partial charge in [-0.1, -0.05) is 159 Å². The number of carbonyl (C=O) groups excluding carboxylic acids is 10. The molecule has 0 bridgehead atoms. The molecule has 7 aromatic rings. The smallest absolute Gasteiger partial charge is 0.327 e. The van der Waals surface area contributed by atoms with Gasteiger partial charge in [-0.05, 0) is 103 Å². The SMILES string of the molecule is CC(C)NCc1ccc(C[C@H](NC(=O)[C@@H](Cc2c[nH]c3ccccc23)NC(=O)[C@H](Cc2ccccc2)NC(=O)[C@H](Cc2ccccc2)NC(=O)[C@H](CCCCN)NC(=O)[C@@H](N)Cc2ccc(O)cc2)C(=O)N[C@H](C(=O)N[C@@H](Cc2ccccc2)C(=O)N[C@H](C(=O)N[C@@H](CO)C(=O)N[C@@H](CS)C(=O)O)[C@@H](C)O)[C@@H](C)O)cc1.